The molecule has 2 aromatic rings. The smallest absolute Gasteiger partial charge is 0.407 e. The van der Waals surface area contributed by atoms with Crippen molar-refractivity contribution >= 4 is 11.8 Å². The van der Waals surface area contributed by atoms with E-state index in [1.165, 1.54) is 5.56 Å². The predicted molar refractivity (Wildman–Crippen MR) is 103 cm³/mol. The van der Waals surface area contributed by atoms with Crippen LogP contribution in [0.1, 0.15) is 51.7 Å². The highest BCUT2D eigenvalue weighted by atomic mass is 16.6. The fourth-order valence-corrected chi connectivity index (χ4v) is 2.52. The molecule has 0 fully saturated rings. The van der Waals surface area contributed by atoms with Crippen LogP contribution in [0.3, 0.4) is 0 Å². The van der Waals surface area contributed by atoms with Gasteiger partial charge >= 0.3 is 6.09 Å². The first kappa shape index (κ1) is 18.8. The van der Waals surface area contributed by atoms with Crippen LogP contribution in [-0.2, 0) is 11.3 Å². The van der Waals surface area contributed by atoms with Crippen molar-refractivity contribution in [3.8, 4) is 11.1 Å². The molecule has 0 saturated carbocycles. The van der Waals surface area contributed by atoms with Gasteiger partial charge in [0, 0.05) is 17.8 Å². The van der Waals surface area contributed by atoms with Crippen molar-refractivity contribution in [2.45, 2.75) is 52.7 Å². The van der Waals surface area contributed by atoms with E-state index in [2.05, 4.69) is 43.4 Å². The molecule has 2 aromatic carbocycles. The summed E-state index contributed by atoms with van der Waals surface area (Å²) in [7, 11) is 0. The Bertz CT molecular complexity index is 729. The first-order valence-electron chi connectivity index (χ1n) is 8.61. The summed E-state index contributed by atoms with van der Waals surface area (Å²) in [5.74, 6) is 0.507. The third-order valence-corrected chi connectivity index (χ3v) is 3.84. The summed E-state index contributed by atoms with van der Waals surface area (Å²) in [5.41, 5.74) is 10.7. The lowest BCUT2D eigenvalue weighted by molar-refractivity contribution is 0.0523. The van der Waals surface area contributed by atoms with Crippen LogP contribution in [-0.4, -0.2) is 11.7 Å². The lowest BCUT2D eigenvalue weighted by atomic mass is 9.97. The highest BCUT2D eigenvalue weighted by Crippen LogP contribution is 2.28. The number of hydrogen-bond donors (Lipinski definition) is 2. The zero-order valence-electron chi connectivity index (χ0n) is 15.7. The van der Waals surface area contributed by atoms with Gasteiger partial charge in [-0.05, 0) is 49.4 Å². The number of alkyl carbamates (subject to hydrolysis) is 1. The van der Waals surface area contributed by atoms with Crippen molar-refractivity contribution < 1.29 is 9.53 Å². The van der Waals surface area contributed by atoms with E-state index >= 15 is 0 Å². The van der Waals surface area contributed by atoms with Gasteiger partial charge < -0.3 is 15.8 Å². The number of nitrogen functional groups attached to an aromatic ring is 1. The molecule has 134 valence electrons. The summed E-state index contributed by atoms with van der Waals surface area (Å²) in [5, 5.41) is 2.75. The largest absolute Gasteiger partial charge is 0.444 e. The van der Waals surface area contributed by atoms with E-state index in [1.54, 1.807) is 0 Å². The zero-order chi connectivity index (χ0) is 18.6. The van der Waals surface area contributed by atoms with Crippen molar-refractivity contribution in [1.82, 2.24) is 5.32 Å². The Balaban J connectivity index is 2.06. The molecule has 0 heterocycles. The summed E-state index contributed by atoms with van der Waals surface area (Å²) in [6, 6.07) is 14.3. The Labute approximate surface area is 150 Å². The van der Waals surface area contributed by atoms with Gasteiger partial charge in [-0.3, -0.25) is 0 Å². The van der Waals surface area contributed by atoms with Gasteiger partial charge in [0.05, 0.1) is 0 Å². The van der Waals surface area contributed by atoms with E-state index in [0.717, 1.165) is 16.7 Å². The van der Waals surface area contributed by atoms with Crippen LogP contribution in [0.25, 0.3) is 11.1 Å². The van der Waals surface area contributed by atoms with Crippen LogP contribution in [0.4, 0.5) is 10.5 Å². The van der Waals surface area contributed by atoms with E-state index in [0.29, 0.717) is 18.2 Å². The van der Waals surface area contributed by atoms with Gasteiger partial charge in [0.25, 0.3) is 0 Å². The van der Waals surface area contributed by atoms with Crippen LogP contribution in [0.5, 0.6) is 0 Å². The summed E-state index contributed by atoms with van der Waals surface area (Å²) >= 11 is 0. The maximum atomic E-state index is 11.7. The molecule has 0 unspecified atom stereocenters. The summed E-state index contributed by atoms with van der Waals surface area (Å²) in [6.45, 7) is 10.2. The second-order valence-corrected chi connectivity index (χ2v) is 7.55. The molecule has 0 spiro atoms. The second kappa shape index (κ2) is 7.60. The molecule has 0 saturated heterocycles. The normalized spacial score (nSPS) is 11.4. The number of ether oxygens (including phenoxy) is 1. The van der Waals surface area contributed by atoms with Gasteiger partial charge in [0.15, 0.2) is 0 Å². The monoisotopic (exact) mass is 340 g/mol. The SMILES string of the molecule is CC(C)c1ccc(-c2ccc(CNC(=O)OC(C)(C)C)cc2N)cc1. The van der Waals surface area contributed by atoms with Crippen LogP contribution < -0.4 is 11.1 Å². The van der Waals surface area contributed by atoms with Crippen LogP contribution in [0, 0.1) is 0 Å². The average molecular weight is 340 g/mol. The lowest BCUT2D eigenvalue weighted by Gasteiger charge is -2.19. The zero-order valence-corrected chi connectivity index (χ0v) is 15.7. The summed E-state index contributed by atoms with van der Waals surface area (Å²) in [4.78, 5) is 11.7. The highest BCUT2D eigenvalue weighted by molar-refractivity contribution is 5.77. The quantitative estimate of drug-likeness (QED) is 0.763. The lowest BCUT2D eigenvalue weighted by Crippen LogP contribution is -2.32. The third-order valence-electron chi connectivity index (χ3n) is 3.84. The Hall–Kier alpha value is -2.49. The molecular formula is C21H28N2O2. The molecule has 0 aromatic heterocycles. The minimum absolute atomic E-state index is 0.381. The minimum atomic E-state index is -0.505. The van der Waals surface area contributed by atoms with Gasteiger partial charge in [0.1, 0.15) is 5.60 Å². The predicted octanol–water partition coefficient (Wildman–Crippen LogP) is 5.08. The van der Waals surface area contributed by atoms with Crippen molar-refractivity contribution in [3.05, 3.63) is 53.6 Å². The Morgan fingerprint density at radius 3 is 2.28 bits per heavy atom. The van der Waals surface area contributed by atoms with Gasteiger partial charge in [0.2, 0.25) is 0 Å². The number of amides is 1. The Kier molecular flexibility index (Phi) is 5.73. The molecule has 0 bridgehead atoms. The van der Waals surface area contributed by atoms with E-state index < -0.39 is 11.7 Å². The number of anilines is 1. The number of hydrogen-bond acceptors (Lipinski definition) is 3. The average Bonchev–Trinajstić information content (AvgIpc) is 2.51. The first-order chi connectivity index (χ1) is 11.7. The molecule has 0 atom stereocenters. The minimum Gasteiger partial charge on any atom is -0.444 e. The van der Waals surface area contributed by atoms with E-state index in [9.17, 15) is 4.79 Å². The van der Waals surface area contributed by atoms with Gasteiger partial charge in [-0.2, -0.15) is 0 Å². The van der Waals surface area contributed by atoms with E-state index in [-0.39, 0.29) is 0 Å². The van der Waals surface area contributed by atoms with Crippen LogP contribution in [0.2, 0.25) is 0 Å². The molecule has 0 aliphatic rings. The fraction of sp³-hybridized carbons (Fsp3) is 0.381. The van der Waals surface area contributed by atoms with Crippen LogP contribution >= 0.6 is 0 Å². The second-order valence-electron chi connectivity index (χ2n) is 7.55. The number of rotatable bonds is 4. The van der Waals surface area contributed by atoms with E-state index in [1.807, 2.05) is 39.0 Å². The van der Waals surface area contributed by atoms with Gasteiger partial charge in [-0.1, -0.05) is 50.2 Å². The van der Waals surface area contributed by atoms with Crippen molar-refractivity contribution in [1.29, 1.82) is 0 Å². The summed E-state index contributed by atoms with van der Waals surface area (Å²) < 4.78 is 5.23. The van der Waals surface area contributed by atoms with Gasteiger partial charge in [-0.25, -0.2) is 4.79 Å². The number of benzene rings is 2. The number of carbonyl (C=O) groups excluding carboxylic acids is 1. The molecule has 0 radical (unpaired) electrons. The van der Waals surface area contributed by atoms with Crippen molar-refractivity contribution in [3.63, 3.8) is 0 Å². The maximum absolute atomic E-state index is 11.7. The summed E-state index contributed by atoms with van der Waals surface area (Å²) in [6.07, 6.45) is -0.431. The molecule has 25 heavy (non-hydrogen) atoms. The fourth-order valence-electron chi connectivity index (χ4n) is 2.52. The van der Waals surface area contributed by atoms with Gasteiger partial charge in [-0.15, -0.1) is 0 Å². The third kappa shape index (κ3) is 5.52. The number of carbonyl (C=O) groups is 1. The topological polar surface area (TPSA) is 64.3 Å². The van der Waals surface area contributed by atoms with Crippen molar-refractivity contribution in [2.75, 3.05) is 5.73 Å². The molecular weight excluding hydrogens is 312 g/mol. The molecule has 4 nitrogen and oxygen atoms in total. The number of nitrogens with two attached hydrogens (primary N) is 1. The highest BCUT2D eigenvalue weighted by Gasteiger charge is 2.15. The molecule has 1 amide bonds. The molecule has 0 aliphatic carbocycles. The standard InChI is InChI=1S/C21H28N2O2/c1-14(2)16-7-9-17(10-8-16)18-11-6-15(12-19(18)22)13-23-20(24)25-21(3,4)5/h6-12,14H,13,22H2,1-5H3,(H,23,24). The molecule has 3 N–H and O–H groups in total. The Morgan fingerprint density at radius 2 is 1.76 bits per heavy atom. The van der Waals surface area contributed by atoms with Crippen LogP contribution in [0.15, 0.2) is 42.5 Å². The molecule has 4 heteroatoms. The maximum Gasteiger partial charge on any atom is 0.407 e. The molecule has 0 aliphatic heterocycles. The van der Waals surface area contributed by atoms with E-state index in [4.69, 9.17) is 10.5 Å². The molecule has 2 rings (SSSR count). The Morgan fingerprint density at radius 1 is 1.12 bits per heavy atom. The van der Waals surface area contributed by atoms with Crippen molar-refractivity contribution in [2.24, 2.45) is 0 Å². The number of nitrogens with one attached hydrogen (secondary N) is 1. The first-order valence-corrected chi connectivity index (χ1v) is 8.61.